The lowest BCUT2D eigenvalue weighted by Gasteiger charge is -1.99. The molecule has 2 rings (SSSR count). The number of rotatable bonds is 2. The van der Waals surface area contributed by atoms with E-state index in [-0.39, 0.29) is 0 Å². The number of aromatic amines is 1. The third-order valence-corrected chi connectivity index (χ3v) is 2.45. The number of aromatic nitrogens is 4. The second-order valence-electron chi connectivity index (χ2n) is 3.04. The first-order valence-electron chi connectivity index (χ1n) is 4.26. The van der Waals surface area contributed by atoms with Crippen LogP contribution < -0.4 is 0 Å². The van der Waals surface area contributed by atoms with Crippen molar-refractivity contribution in [2.45, 2.75) is 6.42 Å². The number of nitrogens with one attached hydrogen (secondary N) is 1. The van der Waals surface area contributed by atoms with Gasteiger partial charge in [-0.3, -0.25) is 10.1 Å². The van der Waals surface area contributed by atoms with Crippen molar-refractivity contribution in [3.63, 3.8) is 0 Å². The van der Waals surface area contributed by atoms with Gasteiger partial charge in [-0.05, 0) is 29.9 Å². The molecular weight excluding hydrogens is 196 g/mol. The predicted molar refractivity (Wildman–Crippen MR) is 55.4 cm³/mol. The van der Waals surface area contributed by atoms with Crippen LogP contribution in [0.5, 0.6) is 0 Å². The molecule has 0 bridgehead atoms. The molecule has 0 aromatic carbocycles. The Kier molecular flexibility index (Phi) is 2.41. The first kappa shape index (κ1) is 9.08. The molecule has 0 amide bonds. The number of hydrogen-bond acceptors (Lipinski definition) is 3. The molecule has 0 aliphatic rings. The number of nitrogens with zero attached hydrogens (tertiary/aromatic N) is 3. The van der Waals surface area contributed by atoms with Crippen molar-refractivity contribution in [2.75, 3.05) is 0 Å². The summed E-state index contributed by atoms with van der Waals surface area (Å²) in [6.07, 6.45) is 4.32. The maximum atomic E-state index is 5.02. The Morgan fingerprint density at radius 3 is 2.71 bits per heavy atom. The summed E-state index contributed by atoms with van der Waals surface area (Å²) in [7, 11) is 1.91. The van der Waals surface area contributed by atoms with Crippen LogP contribution in [0.3, 0.4) is 0 Å². The van der Waals surface area contributed by atoms with Crippen LogP contribution in [0, 0.1) is 4.77 Å². The molecule has 0 aliphatic carbocycles. The van der Waals surface area contributed by atoms with Crippen LogP contribution in [0.2, 0.25) is 0 Å². The maximum Gasteiger partial charge on any atom is 0.194 e. The van der Waals surface area contributed by atoms with Crippen molar-refractivity contribution in [1.29, 1.82) is 0 Å². The quantitative estimate of drug-likeness (QED) is 0.757. The lowest BCUT2D eigenvalue weighted by Crippen LogP contribution is -1.99. The summed E-state index contributed by atoms with van der Waals surface area (Å²) in [6.45, 7) is 0. The van der Waals surface area contributed by atoms with Crippen molar-refractivity contribution in [2.24, 2.45) is 7.05 Å². The van der Waals surface area contributed by atoms with Gasteiger partial charge in [0, 0.05) is 25.9 Å². The first-order valence-corrected chi connectivity index (χ1v) is 4.67. The van der Waals surface area contributed by atoms with Crippen LogP contribution in [0.25, 0.3) is 0 Å². The molecule has 2 aromatic rings. The Balaban J connectivity index is 2.28. The second-order valence-corrected chi connectivity index (χ2v) is 3.42. The third-order valence-electron chi connectivity index (χ3n) is 2.08. The summed E-state index contributed by atoms with van der Waals surface area (Å²) >= 11 is 5.02. The molecule has 0 saturated carbocycles. The minimum absolute atomic E-state index is 0.647. The Labute approximate surface area is 86.6 Å². The van der Waals surface area contributed by atoms with Gasteiger partial charge >= 0.3 is 0 Å². The van der Waals surface area contributed by atoms with E-state index in [9.17, 15) is 0 Å². The molecule has 72 valence electrons. The molecule has 2 aromatic heterocycles. The van der Waals surface area contributed by atoms with Gasteiger partial charge in [-0.25, -0.2) is 0 Å². The van der Waals surface area contributed by atoms with Crippen molar-refractivity contribution in [1.82, 2.24) is 19.7 Å². The lowest BCUT2D eigenvalue weighted by molar-refractivity contribution is 0.812. The van der Waals surface area contributed by atoms with Gasteiger partial charge < -0.3 is 4.57 Å². The first-order chi connectivity index (χ1) is 6.77. The van der Waals surface area contributed by atoms with Gasteiger partial charge in [0.05, 0.1) is 0 Å². The molecule has 0 radical (unpaired) electrons. The number of pyridine rings is 1. The van der Waals surface area contributed by atoms with Gasteiger partial charge in [-0.1, -0.05) is 0 Å². The van der Waals surface area contributed by atoms with E-state index in [2.05, 4.69) is 15.2 Å². The average Bonchev–Trinajstić information content (AvgIpc) is 2.52. The highest BCUT2D eigenvalue weighted by atomic mass is 32.1. The van der Waals surface area contributed by atoms with Gasteiger partial charge in [-0.15, -0.1) is 0 Å². The molecular formula is C9H10N4S. The largest absolute Gasteiger partial charge is 0.307 e. The van der Waals surface area contributed by atoms with Crippen LogP contribution in [0.4, 0.5) is 0 Å². The fourth-order valence-electron chi connectivity index (χ4n) is 1.22. The minimum Gasteiger partial charge on any atom is -0.307 e. The van der Waals surface area contributed by atoms with Crippen LogP contribution >= 0.6 is 12.2 Å². The molecule has 0 fully saturated rings. The third kappa shape index (κ3) is 1.72. The van der Waals surface area contributed by atoms with E-state index >= 15 is 0 Å². The molecule has 1 N–H and O–H groups in total. The molecule has 2 heterocycles. The van der Waals surface area contributed by atoms with Gasteiger partial charge in [0.2, 0.25) is 0 Å². The van der Waals surface area contributed by atoms with E-state index in [0.717, 1.165) is 12.2 Å². The lowest BCUT2D eigenvalue weighted by atomic mass is 10.2. The topological polar surface area (TPSA) is 46.5 Å². The zero-order valence-corrected chi connectivity index (χ0v) is 8.58. The van der Waals surface area contributed by atoms with Crippen LogP contribution in [0.15, 0.2) is 24.5 Å². The monoisotopic (exact) mass is 206 g/mol. The van der Waals surface area contributed by atoms with Crippen LogP contribution in [-0.4, -0.2) is 19.7 Å². The zero-order valence-electron chi connectivity index (χ0n) is 7.77. The standard InChI is InChI=1S/C9H10N4S/c1-13-8(11-12-9(13)14)6-7-2-4-10-5-3-7/h2-5H,6H2,1H3,(H,12,14). The summed E-state index contributed by atoms with van der Waals surface area (Å²) in [6, 6.07) is 3.94. The molecule has 0 atom stereocenters. The summed E-state index contributed by atoms with van der Waals surface area (Å²) in [5.74, 6) is 0.932. The molecule has 0 aliphatic heterocycles. The van der Waals surface area contributed by atoms with E-state index < -0.39 is 0 Å². The fraction of sp³-hybridized carbons (Fsp3) is 0.222. The smallest absolute Gasteiger partial charge is 0.194 e. The van der Waals surface area contributed by atoms with E-state index in [1.807, 2.05) is 23.7 Å². The molecule has 0 saturated heterocycles. The molecule has 14 heavy (non-hydrogen) atoms. The van der Waals surface area contributed by atoms with E-state index in [1.165, 1.54) is 5.56 Å². The van der Waals surface area contributed by atoms with Gasteiger partial charge in [0.15, 0.2) is 4.77 Å². The van der Waals surface area contributed by atoms with E-state index in [4.69, 9.17) is 12.2 Å². The normalized spacial score (nSPS) is 10.4. The van der Waals surface area contributed by atoms with E-state index in [0.29, 0.717) is 4.77 Å². The Morgan fingerprint density at radius 1 is 1.43 bits per heavy atom. The molecule has 5 heteroatoms. The van der Waals surface area contributed by atoms with E-state index in [1.54, 1.807) is 12.4 Å². The number of hydrogen-bond donors (Lipinski definition) is 1. The predicted octanol–water partition coefficient (Wildman–Crippen LogP) is 1.46. The van der Waals surface area contributed by atoms with Crippen LogP contribution in [-0.2, 0) is 13.5 Å². The Bertz CT molecular complexity index is 471. The summed E-state index contributed by atoms with van der Waals surface area (Å²) in [5.41, 5.74) is 1.18. The maximum absolute atomic E-state index is 5.02. The Hall–Kier alpha value is -1.49. The van der Waals surface area contributed by atoms with Gasteiger partial charge in [0.1, 0.15) is 5.82 Å². The average molecular weight is 206 g/mol. The SMILES string of the molecule is Cn1c(Cc2ccncc2)n[nH]c1=S. The summed E-state index contributed by atoms with van der Waals surface area (Å²) in [5, 5.41) is 6.89. The Morgan fingerprint density at radius 2 is 2.14 bits per heavy atom. The molecule has 4 nitrogen and oxygen atoms in total. The molecule has 0 spiro atoms. The van der Waals surface area contributed by atoms with Crippen molar-refractivity contribution < 1.29 is 0 Å². The second kappa shape index (κ2) is 3.71. The highest BCUT2D eigenvalue weighted by Gasteiger charge is 2.02. The molecule has 0 unspecified atom stereocenters. The highest BCUT2D eigenvalue weighted by Crippen LogP contribution is 2.04. The highest BCUT2D eigenvalue weighted by molar-refractivity contribution is 7.71. The number of H-pyrrole nitrogens is 1. The van der Waals surface area contributed by atoms with Gasteiger partial charge in [-0.2, -0.15) is 5.10 Å². The van der Waals surface area contributed by atoms with Crippen LogP contribution in [0.1, 0.15) is 11.4 Å². The summed E-state index contributed by atoms with van der Waals surface area (Å²) < 4.78 is 2.52. The zero-order chi connectivity index (χ0) is 9.97. The van der Waals surface area contributed by atoms with Gasteiger partial charge in [0.25, 0.3) is 0 Å². The van der Waals surface area contributed by atoms with Crippen molar-refractivity contribution in [3.05, 3.63) is 40.7 Å². The minimum atomic E-state index is 0.647. The summed E-state index contributed by atoms with van der Waals surface area (Å²) in [4.78, 5) is 3.96. The van der Waals surface area contributed by atoms with Crippen molar-refractivity contribution in [3.8, 4) is 0 Å². The van der Waals surface area contributed by atoms with Crippen molar-refractivity contribution >= 4 is 12.2 Å². The fourth-order valence-corrected chi connectivity index (χ4v) is 1.37.